The van der Waals surface area contributed by atoms with E-state index in [0.717, 1.165) is 29.9 Å². The first-order valence-electron chi connectivity index (χ1n) is 6.27. The summed E-state index contributed by atoms with van der Waals surface area (Å²) in [5, 5.41) is 5.98. The minimum Gasteiger partial charge on any atom is -0.378 e. The zero-order valence-corrected chi connectivity index (χ0v) is 11.7. The molecule has 0 radical (unpaired) electrons. The normalized spacial score (nSPS) is 10.2. The molecule has 0 heterocycles. The molecule has 0 spiro atoms. The van der Waals surface area contributed by atoms with Gasteiger partial charge in [-0.3, -0.25) is 4.79 Å². The molecule has 4 heteroatoms. The molecule has 1 rings (SSSR count). The molecule has 18 heavy (non-hydrogen) atoms. The third-order valence-electron chi connectivity index (χ3n) is 2.83. The Bertz CT molecular complexity index is 402. The fourth-order valence-corrected chi connectivity index (χ4v) is 1.70. The number of anilines is 2. The molecule has 4 nitrogen and oxygen atoms in total. The van der Waals surface area contributed by atoms with Crippen LogP contribution in [0.25, 0.3) is 0 Å². The van der Waals surface area contributed by atoms with E-state index in [1.54, 1.807) is 0 Å². The Hall–Kier alpha value is -1.55. The molecule has 1 amide bonds. The summed E-state index contributed by atoms with van der Waals surface area (Å²) < 4.78 is 0. The molecular weight excluding hydrogens is 226 g/mol. The standard InChI is InChI=1S/C14H23N3O/c1-11-10-12(17(3)4)7-8-13(11)16-14(18)6-5-9-15-2/h7-8,10,15H,5-6,9H2,1-4H3,(H,16,18). The van der Waals surface area contributed by atoms with Crippen molar-refractivity contribution < 1.29 is 4.79 Å². The number of nitrogens with zero attached hydrogens (tertiary/aromatic N) is 1. The van der Waals surface area contributed by atoms with Gasteiger partial charge in [0.1, 0.15) is 0 Å². The molecule has 1 aromatic carbocycles. The summed E-state index contributed by atoms with van der Waals surface area (Å²) in [4.78, 5) is 13.8. The van der Waals surface area contributed by atoms with Gasteiger partial charge in [0.15, 0.2) is 0 Å². The molecule has 0 aliphatic heterocycles. The second-order valence-electron chi connectivity index (χ2n) is 4.65. The highest BCUT2D eigenvalue weighted by molar-refractivity contribution is 5.91. The molecule has 0 unspecified atom stereocenters. The Kier molecular flexibility index (Phi) is 5.65. The van der Waals surface area contributed by atoms with E-state index in [2.05, 4.69) is 16.7 Å². The lowest BCUT2D eigenvalue weighted by Gasteiger charge is -2.15. The van der Waals surface area contributed by atoms with Gasteiger partial charge < -0.3 is 15.5 Å². The first kappa shape index (κ1) is 14.5. The molecule has 0 saturated heterocycles. The van der Waals surface area contributed by atoms with Gasteiger partial charge >= 0.3 is 0 Å². The number of carbonyl (C=O) groups is 1. The van der Waals surface area contributed by atoms with E-state index in [9.17, 15) is 4.79 Å². The van der Waals surface area contributed by atoms with Gasteiger partial charge in [-0.2, -0.15) is 0 Å². The van der Waals surface area contributed by atoms with Gasteiger partial charge in [0.05, 0.1) is 0 Å². The van der Waals surface area contributed by atoms with E-state index >= 15 is 0 Å². The van der Waals surface area contributed by atoms with Crippen LogP contribution >= 0.6 is 0 Å². The third kappa shape index (κ3) is 4.37. The minimum absolute atomic E-state index is 0.0750. The van der Waals surface area contributed by atoms with Crippen LogP contribution in [0.4, 0.5) is 11.4 Å². The van der Waals surface area contributed by atoms with Crippen molar-refractivity contribution in [1.82, 2.24) is 5.32 Å². The average molecular weight is 249 g/mol. The highest BCUT2D eigenvalue weighted by Crippen LogP contribution is 2.21. The van der Waals surface area contributed by atoms with Crippen LogP contribution in [-0.4, -0.2) is 33.6 Å². The predicted octanol–water partition coefficient (Wildman–Crippen LogP) is 2.00. The molecule has 0 fully saturated rings. The molecule has 0 aliphatic carbocycles. The van der Waals surface area contributed by atoms with Gasteiger partial charge in [0.25, 0.3) is 0 Å². The number of carbonyl (C=O) groups excluding carboxylic acids is 1. The second kappa shape index (κ2) is 7.01. The van der Waals surface area contributed by atoms with Gasteiger partial charge in [-0.15, -0.1) is 0 Å². The molecule has 0 aliphatic rings. The topological polar surface area (TPSA) is 44.4 Å². The fourth-order valence-electron chi connectivity index (χ4n) is 1.70. The first-order chi connectivity index (χ1) is 8.54. The molecule has 1 aromatic rings. The molecule has 0 aromatic heterocycles. The number of nitrogens with one attached hydrogen (secondary N) is 2. The summed E-state index contributed by atoms with van der Waals surface area (Å²) in [7, 11) is 5.90. The number of hydrogen-bond acceptors (Lipinski definition) is 3. The van der Waals surface area contributed by atoms with Crippen LogP contribution in [0.1, 0.15) is 18.4 Å². The Morgan fingerprint density at radius 1 is 1.33 bits per heavy atom. The van der Waals surface area contributed by atoms with Crippen molar-refractivity contribution in [3.8, 4) is 0 Å². The molecule has 2 N–H and O–H groups in total. The summed E-state index contributed by atoms with van der Waals surface area (Å²) in [5.41, 5.74) is 3.12. The second-order valence-corrected chi connectivity index (χ2v) is 4.65. The van der Waals surface area contributed by atoms with Crippen LogP contribution in [0, 0.1) is 6.92 Å². The Morgan fingerprint density at radius 2 is 2.06 bits per heavy atom. The molecule has 100 valence electrons. The molecule has 0 bridgehead atoms. The van der Waals surface area contributed by atoms with E-state index in [-0.39, 0.29) is 5.91 Å². The predicted molar refractivity (Wildman–Crippen MR) is 77.3 cm³/mol. The van der Waals surface area contributed by atoms with Gasteiger partial charge in [0.2, 0.25) is 5.91 Å². The van der Waals surface area contributed by atoms with E-state index < -0.39 is 0 Å². The van der Waals surface area contributed by atoms with Gasteiger partial charge in [-0.05, 0) is 50.7 Å². The maximum absolute atomic E-state index is 11.7. The van der Waals surface area contributed by atoms with E-state index in [0.29, 0.717) is 6.42 Å². The lowest BCUT2D eigenvalue weighted by molar-refractivity contribution is -0.116. The quantitative estimate of drug-likeness (QED) is 0.758. The van der Waals surface area contributed by atoms with Crippen LogP contribution < -0.4 is 15.5 Å². The van der Waals surface area contributed by atoms with E-state index in [4.69, 9.17) is 0 Å². The third-order valence-corrected chi connectivity index (χ3v) is 2.83. The minimum atomic E-state index is 0.0750. The Morgan fingerprint density at radius 3 is 2.61 bits per heavy atom. The van der Waals surface area contributed by atoms with E-state index in [1.165, 1.54) is 0 Å². The Balaban J connectivity index is 2.59. The first-order valence-corrected chi connectivity index (χ1v) is 6.27. The SMILES string of the molecule is CNCCCC(=O)Nc1ccc(N(C)C)cc1C. The summed E-state index contributed by atoms with van der Waals surface area (Å²) >= 11 is 0. The summed E-state index contributed by atoms with van der Waals surface area (Å²) in [6, 6.07) is 6.04. The fraction of sp³-hybridized carbons (Fsp3) is 0.500. The zero-order valence-electron chi connectivity index (χ0n) is 11.7. The number of hydrogen-bond donors (Lipinski definition) is 2. The monoisotopic (exact) mass is 249 g/mol. The van der Waals surface area contributed by atoms with Crippen molar-refractivity contribution in [3.63, 3.8) is 0 Å². The number of aryl methyl sites for hydroxylation is 1. The number of amides is 1. The van der Waals surface area contributed by atoms with Crippen LogP contribution in [0.2, 0.25) is 0 Å². The van der Waals surface area contributed by atoms with Crippen LogP contribution in [0.3, 0.4) is 0 Å². The summed E-state index contributed by atoms with van der Waals surface area (Å²) in [5.74, 6) is 0.0750. The molecule has 0 atom stereocenters. The van der Waals surface area contributed by atoms with Crippen LogP contribution in [0.15, 0.2) is 18.2 Å². The summed E-state index contributed by atoms with van der Waals surface area (Å²) in [6.07, 6.45) is 1.41. The average Bonchev–Trinajstić information content (AvgIpc) is 2.32. The van der Waals surface area contributed by atoms with Crippen molar-refractivity contribution in [2.75, 3.05) is 37.9 Å². The molecular formula is C14H23N3O. The lowest BCUT2D eigenvalue weighted by atomic mass is 10.1. The van der Waals surface area contributed by atoms with Crippen LogP contribution in [0.5, 0.6) is 0 Å². The van der Waals surface area contributed by atoms with E-state index in [1.807, 2.05) is 45.1 Å². The number of benzene rings is 1. The highest BCUT2D eigenvalue weighted by Gasteiger charge is 2.05. The van der Waals surface area contributed by atoms with Gasteiger partial charge in [-0.25, -0.2) is 0 Å². The largest absolute Gasteiger partial charge is 0.378 e. The summed E-state index contributed by atoms with van der Waals surface area (Å²) in [6.45, 7) is 2.88. The van der Waals surface area contributed by atoms with Gasteiger partial charge in [0, 0.05) is 31.9 Å². The van der Waals surface area contributed by atoms with Crippen molar-refractivity contribution in [1.29, 1.82) is 0 Å². The van der Waals surface area contributed by atoms with Crippen molar-refractivity contribution in [2.24, 2.45) is 0 Å². The van der Waals surface area contributed by atoms with Crippen molar-refractivity contribution in [2.45, 2.75) is 19.8 Å². The zero-order chi connectivity index (χ0) is 13.5. The van der Waals surface area contributed by atoms with Crippen molar-refractivity contribution in [3.05, 3.63) is 23.8 Å². The molecule has 0 saturated carbocycles. The maximum Gasteiger partial charge on any atom is 0.224 e. The Labute approximate surface area is 109 Å². The smallest absolute Gasteiger partial charge is 0.224 e. The maximum atomic E-state index is 11.7. The van der Waals surface area contributed by atoms with Crippen molar-refractivity contribution >= 4 is 17.3 Å². The van der Waals surface area contributed by atoms with Gasteiger partial charge in [-0.1, -0.05) is 0 Å². The highest BCUT2D eigenvalue weighted by atomic mass is 16.1. The van der Waals surface area contributed by atoms with Crippen LogP contribution in [-0.2, 0) is 4.79 Å². The number of rotatable bonds is 6. The lowest BCUT2D eigenvalue weighted by Crippen LogP contribution is -2.16.